The number of rotatable bonds is 7. The largest absolute Gasteiger partial charge is 0.310 e. The van der Waals surface area contributed by atoms with E-state index in [4.69, 9.17) is 0 Å². The highest BCUT2D eigenvalue weighted by atomic mass is 15.1. The van der Waals surface area contributed by atoms with Gasteiger partial charge in [-0.1, -0.05) is 224 Å². The van der Waals surface area contributed by atoms with Crippen molar-refractivity contribution in [2.24, 2.45) is 0 Å². The molecule has 0 N–H and O–H groups in total. The van der Waals surface area contributed by atoms with Gasteiger partial charge in [-0.05, 0) is 156 Å². The van der Waals surface area contributed by atoms with Crippen LogP contribution in [-0.4, -0.2) is 0 Å². The molecule has 0 spiro atoms. The van der Waals surface area contributed by atoms with Gasteiger partial charge in [-0.2, -0.15) is 0 Å². The van der Waals surface area contributed by atoms with E-state index in [9.17, 15) is 0 Å². The lowest BCUT2D eigenvalue weighted by Crippen LogP contribution is -2.10. The van der Waals surface area contributed by atoms with Crippen LogP contribution in [0.25, 0.3) is 120 Å². The quantitative estimate of drug-likeness (QED) is 0.144. The molecular formula is C68H43N. The molecule has 0 aliphatic heterocycles. The van der Waals surface area contributed by atoms with Crippen LogP contribution in [0.5, 0.6) is 0 Å². The van der Waals surface area contributed by atoms with Gasteiger partial charge in [-0.25, -0.2) is 0 Å². The highest BCUT2D eigenvalue weighted by Gasteiger charge is 2.20. The summed E-state index contributed by atoms with van der Waals surface area (Å²) >= 11 is 0. The first-order valence-electron chi connectivity index (χ1n) is 23.9. The highest BCUT2D eigenvalue weighted by Crippen LogP contribution is 2.47. The normalized spacial score (nSPS) is 11.8. The van der Waals surface area contributed by atoms with Crippen molar-refractivity contribution in [2.75, 3.05) is 4.90 Å². The Hall–Kier alpha value is -9.04. The first-order chi connectivity index (χ1) is 34.2. The van der Waals surface area contributed by atoms with Crippen molar-refractivity contribution in [1.29, 1.82) is 0 Å². The SMILES string of the molecule is c1ccc(-c2ccc(-c3ccc(N(c4ccc(-c5ccc(-c6cccc7ccccc67)cc5)cc4)c4cc5ccc6cccc7c8cccc9ccc%10cccc(c(c4)c5c67)c%10c98)cc3)cc2)cc1. The fraction of sp³-hybridized carbons (Fsp3) is 0. The van der Waals surface area contributed by atoms with E-state index in [1.165, 1.54) is 120 Å². The molecule has 69 heavy (non-hydrogen) atoms. The Kier molecular flexibility index (Phi) is 8.97. The molecule has 0 unspecified atom stereocenters. The molecule has 0 saturated heterocycles. The summed E-state index contributed by atoms with van der Waals surface area (Å²) in [6.45, 7) is 0. The van der Waals surface area contributed by atoms with E-state index in [1.807, 2.05) is 0 Å². The standard InChI is InChI=1S/C68H43N/c1-2-10-44(11-3-1)45-22-24-46(25-23-45)48-34-38-56(39-35-48)69(57-40-36-49(37-41-57)47-26-28-51(29-27-47)60-18-6-13-50-12-4-5-17-59(50)60)58-42-55-33-32-54-15-8-20-62-61-19-7-14-52-30-31-53-16-9-21-63(67(53)65(52)61)64(43-58)68(55)66(54)62/h1-43H. The molecule has 0 bridgehead atoms. The summed E-state index contributed by atoms with van der Waals surface area (Å²) in [4.78, 5) is 2.44. The molecule has 0 heterocycles. The Morgan fingerprint density at radius 3 is 1.09 bits per heavy atom. The predicted octanol–water partition coefficient (Wildman–Crippen LogP) is 19.3. The second-order valence-electron chi connectivity index (χ2n) is 18.4. The topological polar surface area (TPSA) is 3.24 Å². The lowest BCUT2D eigenvalue weighted by molar-refractivity contribution is 1.29. The molecule has 14 rings (SSSR count). The summed E-state index contributed by atoms with van der Waals surface area (Å²) in [6, 6.07) is 96.5. The molecule has 0 aliphatic carbocycles. The number of anilines is 3. The van der Waals surface area contributed by atoms with E-state index in [2.05, 4.69) is 266 Å². The van der Waals surface area contributed by atoms with Crippen LogP contribution in [0.2, 0.25) is 0 Å². The van der Waals surface area contributed by atoms with Crippen LogP contribution in [0.3, 0.4) is 0 Å². The van der Waals surface area contributed by atoms with Crippen LogP contribution in [-0.2, 0) is 0 Å². The van der Waals surface area contributed by atoms with E-state index in [1.54, 1.807) is 0 Å². The highest BCUT2D eigenvalue weighted by molar-refractivity contribution is 6.37. The Labute approximate surface area is 400 Å². The number of hydrogen-bond acceptors (Lipinski definition) is 1. The lowest BCUT2D eigenvalue weighted by Gasteiger charge is -2.27. The van der Waals surface area contributed by atoms with Crippen molar-refractivity contribution in [3.05, 3.63) is 261 Å². The maximum absolute atomic E-state index is 2.45. The van der Waals surface area contributed by atoms with Gasteiger partial charge in [-0.15, -0.1) is 0 Å². The van der Waals surface area contributed by atoms with Gasteiger partial charge >= 0.3 is 0 Å². The predicted molar refractivity (Wildman–Crippen MR) is 297 cm³/mol. The Morgan fingerprint density at radius 1 is 0.188 bits per heavy atom. The minimum Gasteiger partial charge on any atom is -0.310 e. The number of fused-ring (bicyclic) bond motifs is 3. The van der Waals surface area contributed by atoms with Gasteiger partial charge in [0.2, 0.25) is 0 Å². The first kappa shape index (κ1) is 39.2. The van der Waals surface area contributed by atoms with Crippen molar-refractivity contribution in [1.82, 2.24) is 0 Å². The van der Waals surface area contributed by atoms with Crippen molar-refractivity contribution in [2.45, 2.75) is 0 Å². The average molecular weight is 874 g/mol. The molecule has 0 saturated carbocycles. The second kappa shape index (κ2) is 15.8. The molecule has 0 amide bonds. The average Bonchev–Trinajstić information content (AvgIpc) is 3.42. The van der Waals surface area contributed by atoms with Crippen molar-refractivity contribution in [3.63, 3.8) is 0 Å². The maximum atomic E-state index is 2.45. The van der Waals surface area contributed by atoms with Gasteiger partial charge in [0.25, 0.3) is 0 Å². The van der Waals surface area contributed by atoms with Crippen molar-refractivity contribution >= 4 is 92.5 Å². The van der Waals surface area contributed by atoms with E-state index in [-0.39, 0.29) is 0 Å². The summed E-state index contributed by atoms with van der Waals surface area (Å²) < 4.78 is 0. The van der Waals surface area contributed by atoms with Gasteiger partial charge in [0.05, 0.1) is 0 Å². The number of benzene rings is 13. The second-order valence-corrected chi connectivity index (χ2v) is 18.4. The fourth-order valence-electron chi connectivity index (χ4n) is 11.3. The van der Waals surface area contributed by atoms with Crippen LogP contribution in [0.1, 0.15) is 0 Å². The number of nitrogens with zero attached hydrogens (tertiary/aromatic N) is 1. The van der Waals surface area contributed by atoms with Gasteiger partial charge in [0.15, 0.2) is 0 Å². The Balaban J connectivity index is 0.941. The molecule has 0 aliphatic rings. The molecule has 0 radical (unpaired) electrons. The van der Waals surface area contributed by atoms with Crippen LogP contribution in [0.15, 0.2) is 261 Å². The summed E-state index contributed by atoms with van der Waals surface area (Å²) in [6.07, 6.45) is 0. The molecule has 14 aromatic carbocycles. The number of hydrogen-bond donors (Lipinski definition) is 0. The molecular weight excluding hydrogens is 831 g/mol. The zero-order chi connectivity index (χ0) is 45.4. The van der Waals surface area contributed by atoms with Crippen LogP contribution in [0.4, 0.5) is 17.1 Å². The third-order valence-corrected chi connectivity index (χ3v) is 14.6. The lowest BCUT2D eigenvalue weighted by atomic mass is 9.87. The van der Waals surface area contributed by atoms with E-state index >= 15 is 0 Å². The minimum absolute atomic E-state index is 1.09. The van der Waals surface area contributed by atoms with Gasteiger partial charge in [0.1, 0.15) is 0 Å². The van der Waals surface area contributed by atoms with E-state index in [0.717, 1.165) is 17.1 Å². The third kappa shape index (κ3) is 6.47. The van der Waals surface area contributed by atoms with Gasteiger partial charge in [-0.3, -0.25) is 0 Å². The third-order valence-electron chi connectivity index (χ3n) is 14.6. The Bertz CT molecular complexity index is 4240. The van der Waals surface area contributed by atoms with Crippen molar-refractivity contribution in [3.8, 4) is 44.5 Å². The van der Waals surface area contributed by atoms with E-state index in [0.29, 0.717) is 0 Å². The first-order valence-corrected chi connectivity index (χ1v) is 23.9. The van der Waals surface area contributed by atoms with E-state index < -0.39 is 0 Å². The summed E-state index contributed by atoms with van der Waals surface area (Å²) in [5, 5.41) is 17.8. The molecule has 0 fully saturated rings. The zero-order valence-electron chi connectivity index (χ0n) is 37.8. The molecule has 0 aromatic heterocycles. The Morgan fingerprint density at radius 2 is 0.551 bits per heavy atom. The molecule has 14 aromatic rings. The smallest absolute Gasteiger partial charge is 0.0474 e. The molecule has 0 atom stereocenters. The van der Waals surface area contributed by atoms with Crippen molar-refractivity contribution < 1.29 is 0 Å². The fourth-order valence-corrected chi connectivity index (χ4v) is 11.3. The maximum Gasteiger partial charge on any atom is 0.0474 e. The molecule has 1 nitrogen and oxygen atoms in total. The van der Waals surface area contributed by atoms with Gasteiger partial charge < -0.3 is 4.90 Å². The monoisotopic (exact) mass is 873 g/mol. The summed E-state index contributed by atoms with van der Waals surface area (Å²) in [7, 11) is 0. The minimum atomic E-state index is 1.09. The van der Waals surface area contributed by atoms with Crippen LogP contribution < -0.4 is 4.90 Å². The summed E-state index contributed by atoms with van der Waals surface area (Å²) in [5.74, 6) is 0. The van der Waals surface area contributed by atoms with Gasteiger partial charge in [0, 0.05) is 17.1 Å². The molecule has 1 heteroatoms. The van der Waals surface area contributed by atoms with Crippen LogP contribution in [0, 0.1) is 0 Å². The van der Waals surface area contributed by atoms with Crippen LogP contribution >= 0.6 is 0 Å². The summed E-state index contributed by atoms with van der Waals surface area (Å²) in [5.41, 5.74) is 12.9. The zero-order valence-corrected chi connectivity index (χ0v) is 37.8. The molecule has 320 valence electrons.